The van der Waals surface area contributed by atoms with E-state index >= 15 is 0 Å². The van der Waals surface area contributed by atoms with Crippen molar-refractivity contribution in [2.45, 2.75) is 418 Å². The summed E-state index contributed by atoms with van der Waals surface area (Å²) in [6.07, 6.45) is 82.8. The maximum Gasteiger partial charge on any atom is 0.305 e. The normalized spacial score (nSPS) is 12.5. The average Bonchev–Trinajstić information content (AvgIpc) is 3.43. The first kappa shape index (κ1) is 75.6. The second kappa shape index (κ2) is 67.1. The summed E-state index contributed by atoms with van der Waals surface area (Å²) in [6, 6.07) is -0.634. The Balaban J connectivity index is 3.42. The molecule has 3 N–H and O–H groups in total. The van der Waals surface area contributed by atoms with Crippen LogP contribution in [0.2, 0.25) is 0 Å². The van der Waals surface area contributed by atoms with E-state index in [0.717, 1.165) is 38.5 Å². The molecule has 2 unspecified atom stereocenters. The number of nitrogens with one attached hydrogen (secondary N) is 1. The zero-order valence-corrected chi connectivity index (χ0v) is 52.5. The number of carbonyl (C=O) groups is 2. The minimum absolute atomic E-state index is 0.00847. The molecule has 0 aliphatic heterocycles. The lowest BCUT2D eigenvalue weighted by Gasteiger charge is -2.20. The summed E-state index contributed by atoms with van der Waals surface area (Å²) in [5.74, 6) is -0.0608. The van der Waals surface area contributed by atoms with Crippen molar-refractivity contribution in [1.82, 2.24) is 5.32 Å². The fourth-order valence-electron chi connectivity index (χ4n) is 11.4. The first-order chi connectivity index (χ1) is 38.0. The van der Waals surface area contributed by atoms with Gasteiger partial charge in [-0.25, -0.2) is 0 Å². The number of rotatable bonds is 67. The lowest BCUT2D eigenvalue weighted by Crippen LogP contribution is -2.45. The highest BCUT2D eigenvalue weighted by Gasteiger charge is 2.18. The molecule has 0 radical (unpaired) electrons. The van der Waals surface area contributed by atoms with Gasteiger partial charge in [-0.3, -0.25) is 9.59 Å². The van der Waals surface area contributed by atoms with Crippen molar-refractivity contribution in [1.29, 1.82) is 0 Å². The highest BCUT2D eigenvalue weighted by Crippen LogP contribution is 2.19. The first-order valence-corrected chi connectivity index (χ1v) is 35.5. The van der Waals surface area contributed by atoms with Gasteiger partial charge in [0.05, 0.1) is 25.4 Å². The van der Waals surface area contributed by atoms with Gasteiger partial charge in [0, 0.05) is 12.8 Å². The van der Waals surface area contributed by atoms with Crippen molar-refractivity contribution < 1.29 is 24.5 Å². The summed E-state index contributed by atoms with van der Waals surface area (Å²) < 4.78 is 5.51. The van der Waals surface area contributed by atoms with Crippen molar-refractivity contribution in [2.24, 2.45) is 0 Å². The Morgan fingerprint density at radius 1 is 0.351 bits per heavy atom. The molecule has 0 aliphatic rings. The molecule has 0 heterocycles. The maximum absolute atomic E-state index is 12.5. The van der Waals surface area contributed by atoms with Crippen LogP contribution in [-0.2, 0) is 14.3 Å². The molecule has 0 saturated carbocycles. The Kier molecular flexibility index (Phi) is 65.9. The number of carbonyl (C=O) groups excluding carboxylic acids is 2. The van der Waals surface area contributed by atoms with E-state index < -0.39 is 12.1 Å². The quantitative estimate of drug-likeness (QED) is 0.0320. The maximum atomic E-state index is 12.5. The van der Waals surface area contributed by atoms with Crippen LogP contribution >= 0.6 is 0 Å². The Hall–Kier alpha value is -1.40. The summed E-state index contributed by atoms with van der Waals surface area (Å²) in [4.78, 5) is 24.7. The molecule has 1 amide bonds. The lowest BCUT2D eigenvalue weighted by molar-refractivity contribution is -0.143. The number of aliphatic hydroxyl groups is 2. The van der Waals surface area contributed by atoms with Gasteiger partial charge in [0.1, 0.15) is 0 Å². The zero-order valence-electron chi connectivity index (χ0n) is 52.5. The van der Waals surface area contributed by atoms with Gasteiger partial charge in [0.2, 0.25) is 5.91 Å². The van der Waals surface area contributed by atoms with E-state index in [9.17, 15) is 19.8 Å². The first-order valence-electron chi connectivity index (χ1n) is 35.5. The number of allylic oxidation sites excluding steroid dienone is 1. The van der Waals surface area contributed by atoms with Crippen LogP contribution in [0.4, 0.5) is 0 Å². The van der Waals surface area contributed by atoms with Crippen molar-refractivity contribution in [3.05, 3.63) is 12.2 Å². The third-order valence-electron chi connectivity index (χ3n) is 16.8. The molecule has 0 aromatic carbocycles. The van der Waals surface area contributed by atoms with Crippen molar-refractivity contribution in [3.63, 3.8) is 0 Å². The van der Waals surface area contributed by atoms with Crippen LogP contribution in [0.15, 0.2) is 12.2 Å². The minimum atomic E-state index is -0.850. The topological polar surface area (TPSA) is 95.9 Å². The summed E-state index contributed by atoms with van der Waals surface area (Å²) in [6.45, 7) is 4.94. The second-order valence-corrected chi connectivity index (χ2v) is 24.6. The van der Waals surface area contributed by atoms with Gasteiger partial charge >= 0.3 is 5.97 Å². The third kappa shape index (κ3) is 63.6. The number of amides is 1. The average molecular weight is 1090 g/mol. The van der Waals surface area contributed by atoms with Crippen molar-refractivity contribution in [3.8, 4) is 0 Å². The number of hydrogen-bond donors (Lipinski definition) is 3. The Bertz CT molecular complexity index is 1160. The largest absolute Gasteiger partial charge is 0.466 e. The van der Waals surface area contributed by atoms with E-state index in [1.54, 1.807) is 6.08 Å². The third-order valence-corrected chi connectivity index (χ3v) is 16.8. The molecular formula is C71H139NO5. The molecule has 0 aromatic rings. The van der Waals surface area contributed by atoms with Gasteiger partial charge in [-0.1, -0.05) is 373 Å². The summed E-state index contributed by atoms with van der Waals surface area (Å²) in [7, 11) is 0. The summed E-state index contributed by atoms with van der Waals surface area (Å²) in [5, 5.41) is 23.3. The molecule has 0 aliphatic carbocycles. The van der Waals surface area contributed by atoms with Crippen LogP contribution in [0.3, 0.4) is 0 Å². The molecular weight excluding hydrogens is 947 g/mol. The highest BCUT2D eigenvalue weighted by atomic mass is 16.5. The summed E-state index contributed by atoms with van der Waals surface area (Å²) >= 11 is 0. The predicted molar refractivity (Wildman–Crippen MR) is 338 cm³/mol. The van der Waals surface area contributed by atoms with Gasteiger partial charge in [-0.15, -0.1) is 0 Å². The van der Waals surface area contributed by atoms with E-state index in [2.05, 4.69) is 19.2 Å². The molecule has 0 saturated heterocycles. The number of unbranched alkanes of at least 4 members (excludes halogenated alkanes) is 56. The SMILES string of the molecule is CCCCCCCCCCCCCCCCCCCCCCCCC/C=C/C(O)C(CO)NC(=O)CCCCCCCCCCCCCCCCCCOC(=O)CCCCCCCCCCCCCCCCCCCCC. The molecule has 6 nitrogen and oxygen atoms in total. The van der Waals surface area contributed by atoms with Crippen LogP contribution in [-0.4, -0.2) is 47.4 Å². The van der Waals surface area contributed by atoms with Crippen LogP contribution in [0.5, 0.6) is 0 Å². The smallest absolute Gasteiger partial charge is 0.305 e. The molecule has 0 aromatic heterocycles. The molecule has 0 bridgehead atoms. The monoisotopic (exact) mass is 1090 g/mol. The highest BCUT2D eigenvalue weighted by molar-refractivity contribution is 5.76. The van der Waals surface area contributed by atoms with Crippen LogP contribution in [0.25, 0.3) is 0 Å². The molecule has 0 spiro atoms. The molecule has 6 heteroatoms. The second-order valence-electron chi connectivity index (χ2n) is 24.6. The van der Waals surface area contributed by atoms with E-state index in [1.807, 2.05) is 6.08 Å². The van der Waals surface area contributed by atoms with Gasteiger partial charge < -0.3 is 20.3 Å². The Morgan fingerprint density at radius 2 is 0.597 bits per heavy atom. The van der Waals surface area contributed by atoms with Gasteiger partial charge in [0.15, 0.2) is 0 Å². The Morgan fingerprint density at radius 3 is 0.883 bits per heavy atom. The molecule has 77 heavy (non-hydrogen) atoms. The fourth-order valence-corrected chi connectivity index (χ4v) is 11.4. The summed E-state index contributed by atoms with van der Waals surface area (Å²) in [5.41, 5.74) is 0. The van der Waals surface area contributed by atoms with Crippen LogP contribution < -0.4 is 5.32 Å². The number of hydrogen-bond acceptors (Lipinski definition) is 5. The van der Waals surface area contributed by atoms with Crippen molar-refractivity contribution in [2.75, 3.05) is 13.2 Å². The standard InChI is InChI=1S/C71H139NO5/c1-3-5-7-9-11-13-15-17-19-21-23-24-25-26-27-28-30-31-35-39-43-47-51-55-59-63-69(74)68(67-73)72-70(75)64-60-56-52-48-44-40-36-33-34-38-42-46-50-54-58-62-66-77-71(76)65-61-57-53-49-45-41-37-32-29-22-20-18-16-14-12-10-8-6-4-2/h59,63,68-69,73-74H,3-58,60-62,64-67H2,1-2H3,(H,72,75)/b63-59+. The van der Waals surface area contributed by atoms with Gasteiger partial charge in [0.25, 0.3) is 0 Å². The van der Waals surface area contributed by atoms with E-state index in [0.29, 0.717) is 19.4 Å². The number of aliphatic hydroxyl groups excluding tert-OH is 2. The minimum Gasteiger partial charge on any atom is -0.466 e. The Labute approximate surface area is 482 Å². The number of esters is 1. The van der Waals surface area contributed by atoms with E-state index in [-0.39, 0.29) is 18.5 Å². The molecule has 0 fully saturated rings. The van der Waals surface area contributed by atoms with E-state index in [4.69, 9.17) is 4.74 Å². The van der Waals surface area contributed by atoms with Crippen LogP contribution in [0.1, 0.15) is 406 Å². The molecule has 2 atom stereocenters. The van der Waals surface area contributed by atoms with Gasteiger partial charge in [-0.2, -0.15) is 0 Å². The molecule has 0 rings (SSSR count). The van der Waals surface area contributed by atoms with E-state index in [1.165, 1.54) is 340 Å². The van der Waals surface area contributed by atoms with Crippen molar-refractivity contribution >= 4 is 11.9 Å². The molecule has 458 valence electrons. The lowest BCUT2D eigenvalue weighted by atomic mass is 10.0. The fraction of sp³-hybridized carbons (Fsp3) is 0.944. The predicted octanol–water partition coefficient (Wildman–Crippen LogP) is 22.8. The zero-order chi connectivity index (χ0) is 55.7. The van der Waals surface area contributed by atoms with Gasteiger partial charge in [-0.05, 0) is 32.1 Å². The number of ether oxygens (including phenoxy) is 1. The van der Waals surface area contributed by atoms with Crippen LogP contribution in [0, 0.1) is 0 Å².